The Bertz CT molecular complexity index is 1150. The third kappa shape index (κ3) is 8.42. The molecule has 0 aromatic heterocycles. The Balaban J connectivity index is 1.62. The van der Waals surface area contributed by atoms with Crippen molar-refractivity contribution in [1.29, 1.82) is 0 Å². The zero-order chi connectivity index (χ0) is 26.6. The van der Waals surface area contributed by atoms with Crippen molar-refractivity contribution < 1.29 is 24.5 Å². The Labute approximate surface area is 217 Å². The number of aliphatic hydroxyl groups excluding tert-OH is 2. The van der Waals surface area contributed by atoms with E-state index in [2.05, 4.69) is 10.6 Å². The van der Waals surface area contributed by atoms with Crippen LogP contribution < -0.4 is 21.1 Å². The molecule has 2 atom stereocenters. The van der Waals surface area contributed by atoms with Crippen LogP contribution in [0.3, 0.4) is 0 Å². The lowest BCUT2D eigenvalue weighted by Crippen LogP contribution is -2.41. The fraction of sp³-hybridized carbons (Fsp3) is 0.310. The van der Waals surface area contributed by atoms with Gasteiger partial charge < -0.3 is 31.3 Å². The molecule has 37 heavy (non-hydrogen) atoms. The first-order valence-corrected chi connectivity index (χ1v) is 12.4. The van der Waals surface area contributed by atoms with Crippen molar-refractivity contribution in [3.8, 4) is 16.9 Å². The molecule has 0 unspecified atom stereocenters. The molecule has 3 rings (SSSR count). The van der Waals surface area contributed by atoms with Crippen LogP contribution in [0.2, 0.25) is 0 Å². The summed E-state index contributed by atoms with van der Waals surface area (Å²) in [5.74, 6) is -0.0881. The molecule has 6 N–H and O–H groups in total. The van der Waals surface area contributed by atoms with E-state index in [0.717, 1.165) is 17.5 Å². The van der Waals surface area contributed by atoms with Gasteiger partial charge in [0.05, 0.1) is 6.61 Å². The first-order valence-electron chi connectivity index (χ1n) is 12.4. The van der Waals surface area contributed by atoms with Gasteiger partial charge in [-0.2, -0.15) is 0 Å². The summed E-state index contributed by atoms with van der Waals surface area (Å²) in [6, 6.07) is 21.4. The molecule has 0 aliphatic carbocycles. The number of primary amides is 1. The molecule has 8 nitrogen and oxygen atoms in total. The van der Waals surface area contributed by atoms with Crippen LogP contribution in [-0.2, 0) is 6.42 Å². The molecule has 0 radical (unpaired) electrons. The van der Waals surface area contributed by atoms with E-state index in [1.54, 1.807) is 18.2 Å². The molecule has 196 valence electrons. The standard InChI is InChI=1S/C29H35N3O5/c1-2-14-31-29(36)22-12-13-26(28(30)35)27(16-22)21-10-8-20(9-11-21)15-23(18-33)32-17-24(34)19-37-25-6-4-3-5-7-25/h3-13,16,23-24,32-34H,2,14-15,17-19H2,1H3,(H2,30,35)(H,31,36)/t23-,24-/m0/s1. The van der Waals surface area contributed by atoms with Crippen LogP contribution >= 0.6 is 0 Å². The molecule has 0 fully saturated rings. The second kappa shape index (κ2) is 14.1. The van der Waals surface area contributed by atoms with E-state index < -0.39 is 12.0 Å². The zero-order valence-corrected chi connectivity index (χ0v) is 21.0. The highest BCUT2D eigenvalue weighted by atomic mass is 16.5. The molecule has 0 spiro atoms. The van der Waals surface area contributed by atoms with Crippen LogP contribution in [-0.4, -0.2) is 60.5 Å². The third-order valence-electron chi connectivity index (χ3n) is 5.88. The lowest BCUT2D eigenvalue weighted by molar-refractivity contribution is 0.0951. The van der Waals surface area contributed by atoms with Crippen molar-refractivity contribution >= 4 is 11.8 Å². The first-order chi connectivity index (χ1) is 17.9. The van der Waals surface area contributed by atoms with Crippen LogP contribution in [0.5, 0.6) is 5.75 Å². The Kier molecular flexibility index (Phi) is 10.6. The Morgan fingerprint density at radius 3 is 2.41 bits per heavy atom. The molecule has 0 heterocycles. The Morgan fingerprint density at radius 1 is 1.03 bits per heavy atom. The minimum atomic E-state index is -0.731. The second-order valence-corrected chi connectivity index (χ2v) is 8.85. The van der Waals surface area contributed by atoms with Gasteiger partial charge >= 0.3 is 0 Å². The van der Waals surface area contributed by atoms with E-state index >= 15 is 0 Å². The summed E-state index contributed by atoms with van der Waals surface area (Å²) in [5, 5.41) is 26.1. The summed E-state index contributed by atoms with van der Waals surface area (Å²) in [5.41, 5.74) is 8.67. The smallest absolute Gasteiger partial charge is 0.251 e. The van der Waals surface area contributed by atoms with Crippen molar-refractivity contribution in [1.82, 2.24) is 10.6 Å². The van der Waals surface area contributed by atoms with Crippen LogP contribution in [0.15, 0.2) is 72.8 Å². The van der Waals surface area contributed by atoms with Gasteiger partial charge in [0.15, 0.2) is 0 Å². The maximum atomic E-state index is 12.4. The van der Waals surface area contributed by atoms with Crippen LogP contribution in [0.1, 0.15) is 39.6 Å². The van der Waals surface area contributed by atoms with Crippen molar-refractivity contribution in [3.05, 3.63) is 89.5 Å². The average molecular weight is 506 g/mol. The SMILES string of the molecule is CCCNC(=O)c1ccc(C(N)=O)c(-c2ccc(C[C@@H](CO)NC[C@H](O)COc3ccccc3)cc2)c1. The number of hydrogen-bond acceptors (Lipinski definition) is 6. The lowest BCUT2D eigenvalue weighted by atomic mass is 9.95. The van der Waals surface area contributed by atoms with Crippen molar-refractivity contribution in [2.24, 2.45) is 5.73 Å². The van der Waals surface area contributed by atoms with Gasteiger partial charge in [0.25, 0.3) is 5.91 Å². The highest BCUT2D eigenvalue weighted by Crippen LogP contribution is 2.26. The highest BCUT2D eigenvalue weighted by molar-refractivity contribution is 6.03. The topological polar surface area (TPSA) is 134 Å². The highest BCUT2D eigenvalue weighted by Gasteiger charge is 2.16. The summed E-state index contributed by atoms with van der Waals surface area (Å²) in [6.07, 6.45) is 0.625. The van der Waals surface area contributed by atoms with Crippen LogP contribution in [0.25, 0.3) is 11.1 Å². The predicted octanol–water partition coefficient (Wildman–Crippen LogP) is 2.53. The number of rotatable bonds is 14. The number of carbonyl (C=O) groups excluding carboxylic acids is 2. The molecule has 2 amide bonds. The van der Waals surface area contributed by atoms with Crippen molar-refractivity contribution in [3.63, 3.8) is 0 Å². The summed E-state index contributed by atoms with van der Waals surface area (Å²) < 4.78 is 5.57. The van der Waals surface area contributed by atoms with E-state index in [4.69, 9.17) is 10.5 Å². The maximum absolute atomic E-state index is 12.4. The van der Waals surface area contributed by atoms with Gasteiger partial charge in [-0.25, -0.2) is 0 Å². The normalized spacial score (nSPS) is 12.5. The molecule has 3 aromatic carbocycles. The van der Waals surface area contributed by atoms with Gasteiger partial charge in [0.1, 0.15) is 18.5 Å². The van der Waals surface area contributed by atoms with Gasteiger partial charge in [-0.15, -0.1) is 0 Å². The Morgan fingerprint density at radius 2 is 1.76 bits per heavy atom. The number of hydrogen-bond donors (Lipinski definition) is 5. The van der Waals surface area contributed by atoms with Crippen molar-refractivity contribution in [2.45, 2.75) is 31.9 Å². The van der Waals surface area contributed by atoms with E-state index in [-0.39, 0.29) is 31.7 Å². The number of para-hydroxylation sites is 1. The number of carbonyl (C=O) groups is 2. The molecule has 0 aliphatic rings. The molecule has 0 bridgehead atoms. The molecule has 0 saturated heterocycles. The summed E-state index contributed by atoms with van der Waals surface area (Å²) in [4.78, 5) is 24.4. The van der Waals surface area contributed by atoms with Gasteiger partial charge in [0, 0.05) is 30.3 Å². The monoisotopic (exact) mass is 505 g/mol. The number of amides is 2. The van der Waals surface area contributed by atoms with Gasteiger partial charge in [-0.05, 0) is 59.9 Å². The summed E-state index contributed by atoms with van der Waals surface area (Å²) in [6.45, 7) is 2.85. The lowest BCUT2D eigenvalue weighted by Gasteiger charge is -2.19. The Hall–Kier alpha value is -3.72. The summed E-state index contributed by atoms with van der Waals surface area (Å²) in [7, 11) is 0. The van der Waals surface area contributed by atoms with E-state index in [1.165, 1.54) is 0 Å². The van der Waals surface area contributed by atoms with Crippen molar-refractivity contribution in [2.75, 3.05) is 26.3 Å². The van der Waals surface area contributed by atoms with Crippen LogP contribution in [0, 0.1) is 0 Å². The van der Waals surface area contributed by atoms with Crippen LogP contribution in [0.4, 0.5) is 0 Å². The predicted molar refractivity (Wildman–Crippen MR) is 144 cm³/mol. The number of nitrogens with two attached hydrogens (primary N) is 1. The first kappa shape index (κ1) is 27.9. The minimum absolute atomic E-state index is 0.102. The fourth-order valence-corrected chi connectivity index (χ4v) is 3.86. The van der Waals surface area contributed by atoms with Gasteiger partial charge in [-0.3, -0.25) is 9.59 Å². The quantitative estimate of drug-likeness (QED) is 0.229. The maximum Gasteiger partial charge on any atom is 0.251 e. The van der Waals surface area contributed by atoms with Gasteiger partial charge in [0.2, 0.25) is 5.91 Å². The zero-order valence-electron chi connectivity index (χ0n) is 21.0. The fourth-order valence-electron chi connectivity index (χ4n) is 3.86. The minimum Gasteiger partial charge on any atom is -0.491 e. The van der Waals surface area contributed by atoms with E-state index in [0.29, 0.717) is 35.4 Å². The molecular formula is C29H35N3O5. The van der Waals surface area contributed by atoms with Gasteiger partial charge in [-0.1, -0.05) is 49.4 Å². The number of benzene rings is 3. The number of aliphatic hydroxyl groups is 2. The molecular weight excluding hydrogens is 470 g/mol. The largest absolute Gasteiger partial charge is 0.491 e. The molecule has 0 saturated carbocycles. The number of ether oxygens (including phenoxy) is 1. The van der Waals surface area contributed by atoms with E-state index in [9.17, 15) is 19.8 Å². The summed E-state index contributed by atoms with van der Waals surface area (Å²) >= 11 is 0. The van der Waals surface area contributed by atoms with E-state index in [1.807, 2.05) is 61.5 Å². The molecule has 8 heteroatoms. The average Bonchev–Trinajstić information content (AvgIpc) is 2.93. The number of nitrogens with one attached hydrogen (secondary N) is 2. The molecule has 3 aromatic rings. The molecule has 0 aliphatic heterocycles. The second-order valence-electron chi connectivity index (χ2n) is 8.85. The third-order valence-corrected chi connectivity index (χ3v) is 5.88.